The van der Waals surface area contributed by atoms with Gasteiger partial charge in [-0.25, -0.2) is 5.48 Å². The van der Waals surface area contributed by atoms with E-state index in [0.29, 0.717) is 0 Å². The van der Waals surface area contributed by atoms with E-state index in [4.69, 9.17) is 5.21 Å². The van der Waals surface area contributed by atoms with Gasteiger partial charge in [0.15, 0.2) is 0 Å². The molecule has 23 heavy (non-hydrogen) atoms. The number of hydrogen-bond acceptors (Lipinski definition) is 4. The molecule has 1 aromatic carbocycles. The average Bonchev–Trinajstić information content (AvgIpc) is 2.56. The van der Waals surface area contributed by atoms with Gasteiger partial charge in [0.05, 0.1) is 0 Å². The fourth-order valence-corrected chi connectivity index (χ4v) is 1.96. The zero-order valence-corrected chi connectivity index (χ0v) is 13.7. The summed E-state index contributed by atoms with van der Waals surface area (Å²) in [5, 5.41) is 11.8. The number of amides is 1. The Labute approximate surface area is 138 Å². The Morgan fingerprint density at radius 2 is 2.04 bits per heavy atom. The van der Waals surface area contributed by atoms with Crippen LogP contribution < -0.4 is 10.8 Å². The van der Waals surface area contributed by atoms with Crippen molar-refractivity contribution in [2.75, 3.05) is 13.1 Å². The highest BCUT2D eigenvalue weighted by Gasteiger charge is 1.99. The van der Waals surface area contributed by atoms with Crippen LogP contribution in [0.3, 0.4) is 0 Å². The summed E-state index contributed by atoms with van der Waals surface area (Å²) in [7, 11) is 0. The van der Waals surface area contributed by atoms with Crippen molar-refractivity contribution in [2.45, 2.75) is 20.4 Å². The number of hydrogen-bond donors (Lipinski definition) is 3. The van der Waals surface area contributed by atoms with E-state index in [2.05, 4.69) is 16.8 Å². The predicted octanol–water partition coefficient (Wildman–Crippen LogP) is 2.66. The third-order valence-electron chi connectivity index (χ3n) is 3.19. The van der Waals surface area contributed by atoms with Crippen LogP contribution in [-0.2, 0) is 11.3 Å². The molecule has 0 fully saturated rings. The number of rotatable bonds is 9. The lowest BCUT2D eigenvalue weighted by atomic mass is 10.1. The number of benzene rings is 1. The van der Waals surface area contributed by atoms with Gasteiger partial charge >= 0.3 is 0 Å². The second kappa shape index (κ2) is 10.4. The quantitative estimate of drug-likeness (QED) is 0.284. The predicted molar refractivity (Wildman–Crippen MR) is 93.4 cm³/mol. The Hall–Kier alpha value is -2.37. The van der Waals surface area contributed by atoms with Crippen LogP contribution in [0.5, 0.6) is 0 Å². The van der Waals surface area contributed by atoms with E-state index in [1.165, 1.54) is 11.6 Å². The van der Waals surface area contributed by atoms with Gasteiger partial charge in [0.2, 0.25) is 0 Å². The van der Waals surface area contributed by atoms with E-state index >= 15 is 0 Å². The van der Waals surface area contributed by atoms with Crippen LogP contribution in [0, 0.1) is 0 Å². The van der Waals surface area contributed by atoms with Crippen molar-refractivity contribution >= 4 is 12.0 Å². The normalized spacial score (nSPS) is 11.1. The van der Waals surface area contributed by atoms with Crippen molar-refractivity contribution in [3.05, 3.63) is 66.0 Å². The monoisotopic (exact) mass is 315 g/mol. The molecule has 5 heteroatoms. The minimum absolute atomic E-state index is 0.543. The standard InChI is InChI=1S/C18H25N3O2/c1-4-12-21(15(2)3)13-11-19-14-17-7-5-16(6-8-17)9-10-18(22)20-23/h4-10,12,19,23H,2,11,13-14H2,1,3H3,(H,20,22)/b10-9+,12-4+. The largest absolute Gasteiger partial charge is 0.351 e. The van der Waals surface area contributed by atoms with Crippen molar-refractivity contribution in [3.8, 4) is 0 Å². The molecular weight excluding hydrogens is 290 g/mol. The summed E-state index contributed by atoms with van der Waals surface area (Å²) in [5.41, 5.74) is 4.65. The van der Waals surface area contributed by atoms with Gasteiger partial charge in [-0.05, 0) is 37.3 Å². The Morgan fingerprint density at radius 1 is 1.35 bits per heavy atom. The highest BCUT2D eigenvalue weighted by atomic mass is 16.5. The van der Waals surface area contributed by atoms with Crippen LogP contribution in [0.2, 0.25) is 0 Å². The first kappa shape index (κ1) is 18.7. The van der Waals surface area contributed by atoms with Gasteiger partial charge in [-0.1, -0.05) is 36.9 Å². The molecule has 5 nitrogen and oxygen atoms in total. The molecule has 0 aliphatic rings. The SMILES string of the molecule is C=C(C)N(/C=C/C)CCNCc1ccc(/C=C/C(=O)NO)cc1. The summed E-state index contributed by atoms with van der Waals surface area (Å²) < 4.78 is 0. The fourth-order valence-electron chi connectivity index (χ4n) is 1.96. The first-order chi connectivity index (χ1) is 11.1. The summed E-state index contributed by atoms with van der Waals surface area (Å²) in [6, 6.07) is 7.87. The number of nitrogens with zero attached hydrogens (tertiary/aromatic N) is 1. The molecule has 0 radical (unpaired) electrons. The van der Waals surface area contributed by atoms with Gasteiger partial charge in [0, 0.05) is 31.4 Å². The molecule has 1 amide bonds. The van der Waals surface area contributed by atoms with Crippen LogP contribution in [-0.4, -0.2) is 29.1 Å². The molecule has 1 aromatic rings. The minimum Gasteiger partial charge on any atom is -0.351 e. The van der Waals surface area contributed by atoms with Crippen LogP contribution in [0.1, 0.15) is 25.0 Å². The van der Waals surface area contributed by atoms with E-state index in [1.54, 1.807) is 11.6 Å². The van der Waals surface area contributed by atoms with Crippen LogP contribution in [0.15, 0.2) is 54.9 Å². The molecule has 0 aromatic heterocycles. The molecule has 0 aliphatic carbocycles. The van der Waals surface area contributed by atoms with Crippen LogP contribution >= 0.6 is 0 Å². The molecule has 0 unspecified atom stereocenters. The van der Waals surface area contributed by atoms with Gasteiger partial charge in [-0.3, -0.25) is 10.0 Å². The highest BCUT2D eigenvalue weighted by Crippen LogP contribution is 2.06. The van der Waals surface area contributed by atoms with Gasteiger partial charge in [0.1, 0.15) is 0 Å². The molecule has 3 N–H and O–H groups in total. The van der Waals surface area contributed by atoms with Gasteiger partial charge < -0.3 is 10.2 Å². The molecule has 0 aliphatic heterocycles. The third kappa shape index (κ3) is 7.44. The molecule has 0 bridgehead atoms. The number of nitrogens with one attached hydrogen (secondary N) is 2. The maximum atomic E-state index is 10.9. The van der Waals surface area contributed by atoms with Crippen molar-refractivity contribution in [1.29, 1.82) is 0 Å². The van der Waals surface area contributed by atoms with Gasteiger partial charge in [-0.2, -0.15) is 0 Å². The van der Waals surface area contributed by atoms with Crippen molar-refractivity contribution in [2.24, 2.45) is 0 Å². The Balaban J connectivity index is 2.40. The lowest BCUT2D eigenvalue weighted by Gasteiger charge is -2.20. The summed E-state index contributed by atoms with van der Waals surface area (Å²) >= 11 is 0. The molecular formula is C18H25N3O2. The Morgan fingerprint density at radius 3 is 2.61 bits per heavy atom. The highest BCUT2D eigenvalue weighted by molar-refractivity contribution is 5.90. The van der Waals surface area contributed by atoms with E-state index in [1.807, 2.05) is 50.4 Å². The zero-order chi connectivity index (χ0) is 17.1. The molecule has 124 valence electrons. The number of allylic oxidation sites excluding steroid dienone is 2. The molecule has 0 heterocycles. The van der Waals surface area contributed by atoms with Crippen LogP contribution in [0.25, 0.3) is 6.08 Å². The average molecular weight is 315 g/mol. The molecule has 1 rings (SSSR count). The van der Waals surface area contributed by atoms with E-state index in [0.717, 1.165) is 30.9 Å². The topological polar surface area (TPSA) is 64.6 Å². The number of carbonyl (C=O) groups excluding carboxylic acids is 1. The summed E-state index contributed by atoms with van der Waals surface area (Å²) in [5.74, 6) is -0.543. The fraction of sp³-hybridized carbons (Fsp3) is 0.278. The Bertz CT molecular complexity index is 562. The Kier molecular flexibility index (Phi) is 8.42. The van der Waals surface area contributed by atoms with E-state index < -0.39 is 5.91 Å². The number of carbonyl (C=O) groups is 1. The van der Waals surface area contributed by atoms with E-state index in [9.17, 15) is 4.79 Å². The summed E-state index contributed by atoms with van der Waals surface area (Å²) in [4.78, 5) is 13.0. The lowest BCUT2D eigenvalue weighted by molar-refractivity contribution is -0.124. The lowest BCUT2D eigenvalue weighted by Crippen LogP contribution is -2.27. The number of hydroxylamine groups is 1. The molecule has 0 atom stereocenters. The second-order valence-electron chi connectivity index (χ2n) is 5.14. The van der Waals surface area contributed by atoms with E-state index in [-0.39, 0.29) is 0 Å². The van der Waals surface area contributed by atoms with Crippen LogP contribution in [0.4, 0.5) is 0 Å². The van der Waals surface area contributed by atoms with Crippen molar-refractivity contribution in [3.63, 3.8) is 0 Å². The van der Waals surface area contributed by atoms with Crippen molar-refractivity contribution in [1.82, 2.24) is 15.7 Å². The molecule has 0 saturated carbocycles. The molecule has 0 saturated heterocycles. The summed E-state index contributed by atoms with van der Waals surface area (Å²) in [6.07, 6.45) is 6.94. The minimum atomic E-state index is -0.543. The maximum absolute atomic E-state index is 10.9. The van der Waals surface area contributed by atoms with Gasteiger partial charge in [-0.15, -0.1) is 0 Å². The summed E-state index contributed by atoms with van der Waals surface area (Å²) in [6.45, 7) is 10.4. The second-order valence-corrected chi connectivity index (χ2v) is 5.14. The maximum Gasteiger partial charge on any atom is 0.267 e. The van der Waals surface area contributed by atoms with Crippen molar-refractivity contribution < 1.29 is 10.0 Å². The smallest absolute Gasteiger partial charge is 0.267 e. The zero-order valence-electron chi connectivity index (χ0n) is 13.7. The first-order valence-corrected chi connectivity index (χ1v) is 7.53. The van der Waals surface area contributed by atoms with Gasteiger partial charge in [0.25, 0.3) is 5.91 Å². The third-order valence-corrected chi connectivity index (χ3v) is 3.19. The molecule has 0 spiro atoms. The first-order valence-electron chi connectivity index (χ1n) is 7.53.